The molecule has 28 heavy (non-hydrogen) atoms. The monoisotopic (exact) mass is 427 g/mol. The summed E-state index contributed by atoms with van der Waals surface area (Å²) in [4.78, 5) is 13.7. The zero-order valence-electron chi connectivity index (χ0n) is 19.0. The molecule has 2 aliphatic rings. The first-order chi connectivity index (χ1) is 13.4. The van der Waals surface area contributed by atoms with Crippen LogP contribution in [-0.4, -0.2) is 36.8 Å². The van der Waals surface area contributed by atoms with Crippen LogP contribution in [-0.2, 0) is 18.1 Å². The second kappa shape index (κ2) is 11.3. The molecule has 0 aromatic heterocycles. The van der Waals surface area contributed by atoms with E-state index in [1.165, 1.54) is 64.2 Å². The van der Waals surface area contributed by atoms with Gasteiger partial charge in [-0.3, -0.25) is 4.79 Å². The van der Waals surface area contributed by atoms with Crippen LogP contribution in [0.5, 0.6) is 0 Å². The molecule has 4 nitrogen and oxygen atoms in total. The first kappa shape index (κ1) is 24.1. The van der Waals surface area contributed by atoms with E-state index in [0.29, 0.717) is 30.7 Å². The first-order valence-corrected chi connectivity index (χ1v) is 15.7. The normalized spacial score (nSPS) is 22.2. The lowest BCUT2D eigenvalue weighted by molar-refractivity contribution is -0.140. The molecule has 2 rings (SSSR count). The Kier molecular flexibility index (Phi) is 9.71. The fourth-order valence-electron chi connectivity index (χ4n) is 5.16. The van der Waals surface area contributed by atoms with Crippen molar-refractivity contribution in [1.29, 1.82) is 0 Å². The van der Waals surface area contributed by atoms with E-state index in [4.69, 9.17) is 13.3 Å². The van der Waals surface area contributed by atoms with Gasteiger partial charge in [0.15, 0.2) is 0 Å². The van der Waals surface area contributed by atoms with Crippen LogP contribution < -0.4 is 0 Å². The summed E-state index contributed by atoms with van der Waals surface area (Å²) in [5.41, 5.74) is 1.26. The number of rotatable bonds is 10. The summed E-state index contributed by atoms with van der Waals surface area (Å²) in [7, 11) is -3.89. The van der Waals surface area contributed by atoms with Crippen LogP contribution in [0.2, 0.25) is 22.7 Å². The molecule has 0 amide bonds. The second-order valence-corrected chi connectivity index (χ2v) is 15.5. The molecule has 1 unspecified atom stereocenters. The van der Waals surface area contributed by atoms with E-state index in [1.54, 1.807) is 0 Å². The van der Waals surface area contributed by atoms with Gasteiger partial charge in [-0.25, -0.2) is 0 Å². The van der Waals surface area contributed by atoms with Gasteiger partial charge in [-0.15, -0.1) is 0 Å². The molecule has 0 aromatic carbocycles. The summed E-state index contributed by atoms with van der Waals surface area (Å²) in [5, 5.41) is -0.645. The van der Waals surface area contributed by atoms with Gasteiger partial charge >= 0.3 is 9.28 Å². The highest BCUT2D eigenvalue weighted by molar-refractivity contribution is 6.77. The van der Waals surface area contributed by atoms with Crippen molar-refractivity contribution in [1.82, 2.24) is 0 Å². The quantitative estimate of drug-likeness (QED) is 0.373. The fraction of sp³-hybridized carbons (Fsp3) is 0.955. The zero-order valence-corrected chi connectivity index (χ0v) is 21.0. The molecular formula is C22H43O4Si2. The molecule has 0 spiro atoms. The van der Waals surface area contributed by atoms with Crippen LogP contribution in [0.1, 0.15) is 98.3 Å². The summed E-state index contributed by atoms with van der Waals surface area (Å²) in [6, 6.07) is 0. The van der Waals surface area contributed by atoms with Crippen molar-refractivity contribution in [2.45, 2.75) is 121 Å². The van der Waals surface area contributed by atoms with E-state index in [2.05, 4.69) is 13.5 Å². The van der Waals surface area contributed by atoms with Crippen LogP contribution in [0.15, 0.2) is 0 Å². The van der Waals surface area contributed by atoms with Crippen molar-refractivity contribution in [2.75, 3.05) is 13.2 Å². The van der Waals surface area contributed by atoms with Gasteiger partial charge in [0.25, 0.3) is 14.3 Å². The Bertz CT molecular complexity index is 451. The average Bonchev–Trinajstić information content (AvgIpc) is 2.74. The van der Waals surface area contributed by atoms with Crippen molar-refractivity contribution in [3.05, 3.63) is 0 Å². The Balaban J connectivity index is 2.25. The maximum absolute atomic E-state index is 13.7. The van der Waals surface area contributed by atoms with Crippen molar-refractivity contribution in [2.24, 2.45) is 0 Å². The lowest BCUT2D eigenvalue weighted by Gasteiger charge is -2.45. The SMILES string of the molecule is CCO[Si](OCC)C(C)(CC)C(=O)O[Si](C)(C1CCCCC1)C1CCCCC1. The Hall–Kier alpha value is -0.176. The summed E-state index contributed by atoms with van der Waals surface area (Å²) in [6.07, 6.45) is 13.6. The Morgan fingerprint density at radius 2 is 1.32 bits per heavy atom. The smallest absolute Gasteiger partial charge is 0.402 e. The third-order valence-corrected chi connectivity index (χ3v) is 14.9. The number of carbonyl (C=O) groups is 1. The first-order valence-electron chi connectivity index (χ1n) is 11.8. The molecule has 6 heteroatoms. The van der Waals surface area contributed by atoms with Crippen LogP contribution in [0.3, 0.4) is 0 Å². The van der Waals surface area contributed by atoms with Gasteiger partial charge in [0.2, 0.25) is 0 Å². The van der Waals surface area contributed by atoms with E-state index in [9.17, 15) is 4.79 Å². The van der Waals surface area contributed by atoms with Gasteiger partial charge in [-0.1, -0.05) is 45.4 Å². The Morgan fingerprint density at radius 3 is 1.68 bits per heavy atom. The molecule has 0 bridgehead atoms. The predicted molar refractivity (Wildman–Crippen MR) is 119 cm³/mol. The molecule has 0 saturated heterocycles. The number of carbonyl (C=O) groups excluding carboxylic acids is 1. The standard InChI is InChI=1S/C22H43O4Si2/c1-6-22(4,27(24-7-2)25-8-3)21(23)26-28(5,19-15-11-9-12-16-19)20-17-13-10-14-18-20/h19-20H,6-18H2,1-5H3. The number of hydrogen-bond acceptors (Lipinski definition) is 4. The highest BCUT2D eigenvalue weighted by Crippen LogP contribution is 2.50. The summed E-state index contributed by atoms with van der Waals surface area (Å²) < 4.78 is 18.6. The summed E-state index contributed by atoms with van der Waals surface area (Å²) in [5.74, 6) is -0.0314. The summed E-state index contributed by atoms with van der Waals surface area (Å²) in [6.45, 7) is 11.6. The van der Waals surface area contributed by atoms with Crippen molar-refractivity contribution in [3.8, 4) is 0 Å². The molecule has 2 aliphatic carbocycles. The predicted octanol–water partition coefficient (Wildman–Crippen LogP) is 6.51. The maximum atomic E-state index is 13.7. The lowest BCUT2D eigenvalue weighted by atomic mass is 9.99. The van der Waals surface area contributed by atoms with Gasteiger partial charge in [0.1, 0.15) is 5.04 Å². The number of hydrogen-bond donors (Lipinski definition) is 0. The lowest BCUT2D eigenvalue weighted by Crippen LogP contribution is -2.52. The van der Waals surface area contributed by atoms with Crippen molar-refractivity contribution >= 4 is 23.6 Å². The Morgan fingerprint density at radius 1 is 0.893 bits per heavy atom. The van der Waals surface area contributed by atoms with E-state index >= 15 is 0 Å². The molecule has 0 aromatic rings. The molecule has 1 radical (unpaired) electrons. The van der Waals surface area contributed by atoms with E-state index in [0.717, 1.165) is 0 Å². The molecular weight excluding hydrogens is 384 g/mol. The van der Waals surface area contributed by atoms with Crippen LogP contribution in [0.25, 0.3) is 0 Å². The highest BCUT2D eigenvalue weighted by atomic mass is 28.4. The third kappa shape index (κ3) is 5.49. The zero-order chi connectivity index (χ0) is 20.6. The highest BCUT2D eigenvalue weighted by Gasteiger charge is 2.54. The molecule has 2 fully saturated rings. The van der Waals surface area contributed by atoms with Crippen LogP contribution in [0.4, 0.5) is 0 Å². The van der Waals surface area contributed by atoms with Gasteiger partial charge in [-0.05, 0) is 70.5 Å². The van der Waals surface area contributed by atoms with E-state index in [1.807, 2.05) is 20.8 Å². The minimum Gasteiger partial charge on any atom is -0.518 e. The summed E-state index contributed by atoms with van der Waals surface area (Å²) >= 11 is 0. The molecule has 163 valence electrons. The minimum atomic E-state index is -2.17. The fourth-order valence-corrected chi connectivity index (χ4v) is 11.7. The Labute approximate surface area is 176 Å². The van der Waals surface area contributed by atoms with Gasteiger partial charge < -0.3 is 13.3 Å². The second-order valence-electron chi connectivity index (χ2n) is 9.08. The molecule has 0 heterocycles. The largest absolute Gasteiger partial charge is 0.518 e. The van der Waals surface area contributed by atoms with Gasteiger partial charge in [-0.2, -0.15) is 0 Å². The van der Waals surface area contributed by atoms with Gasteiger partial charge in [0.05, 0.1) is 0 Å². The van der Waals surface area contributed by atoms with E-state index < -0.39 is 22.6 Å². The van der Waals surface area contributed by atoms with Crippen molar-refractivity contribution < 1.29 is 18.1 Å². The topological polar surface area (TPSA) is 44.8 Å². The van der Waals surface area contributed by atoms with Crippen LogP contribution >= 0.6 is 0 Å². The minimum absolute atomic E-state index is 0.0314. The molecule has 2 saturated carbocycles. The van der Waals surface area contributed by atoms with E-state index in [-0.39, 0.29) is 5.97 Å². The van der Waals surface area contributed by atoms with Crippen LogP contribution in [0, 0.1) is 0 Å². The maximum Gasteiger partial charge on any atom is 0.402 e. The molecule has 0 N–H and O–H groups in total. The molecule has 0 aliphatic heterocycles. The third-order valence-electron chi connectivity index (χ3n) is 7.30. The van der Waals surface area contributed by atoms with Crippen molar-refractivity contribution in [3.63, 3.8) is 0 Å². The average molecular weight is 428 g/mol. The molecule has 1 atom stereocenters. The van der Waals surface area contributed by atoms with Gasteiger partial charge in [0, 0.05) is 13.2 Å².